The lowest BCUT2D eigenvalue weighted by Crippen LogP contribution is -2.18. The molecule has 1 N–H and O–H groups in total. The Balaban J connectivity index is 2.67. The van der Waals surface area contributed by atoms with Crippen molar-refractivity contribution in [1.29, 1.82) is 0 Å². The monoisotopic (exact) mass is 250 g/mol. The number of aryl methyl sites for hydroxylation is 1. The van der Waals surface area contributed by atoms with E-state index in [0.717, 1.165) is 11.3 Å². The van der Waals surface area contributed by atoms with Gasteiger partial charge < -0.3 is 0 Å². The number of aromatic nitrogens is 2. The fourth-order valence-electron chi connectivity index (χ4n) is 2.04. The van der Waals surface area contributed by atoms with Gasteiger partial charge in [-0.2, -0.15) is 0 Å². The van der Waals surface area contributed by atoms with Crippen LogP contribution in [0.15, 0.2) is 29.1 Å². The first-order chi connectivity index (χ1) is 8.02. The van der Waals surface area contributed by atoms with Crippen molar-refractivity contribution in [2.75, 3.05) is 0 Å². The Bertz CT molecular complexity index is 596. The van der Waals surface area contributed by atoms with Crippen molar-refractivity contribution in [2.24, 2.45) is 0 Å². The van der Waals surface area contributed by atoms with Crippen molar-refractivity contribution in [3.63, 3.8) is 0 Å². The minimum Gasteiger partial charge on any atom is -0.295 e. The molecule has 3 nitrogen and oxygen atoms in total. The Morgan fingerprint density at radius 1 is 1.29 bits per heavy atom. The Morgan fingerprint density at radius 3 is 2.47 bits per heavy atom. The second-order valence-corrected chi connectivity index (χ2v) is 4.80. The molecule has 0 aliphatic rings. The van der Waals surface area contributed by atoms with Crippen molar-refractivity contribution in [1.82, 2.24) is 9.78 Å². The largest absolute Gasteiger partial charge is 0.295 e. The third-order valence-corrected chi connectivity index (χ3v) is 3.11. The van der Waals surface area contributed by atoms with Gasteiger partial charge in [0.2, 0.25) is 0 Å². The first kappa shape index (κ1) is 12.0. The van der Waals surface area contributed by atoms with E-state index in [4.69, 9.17) is 11.6 Å². The molecule has 90 valence electrons. The molecule has 4 heteroatoms. The highest BCUT2D eigenvalue weighted by atomic mass is 35.5. The molecule has 0 saturated heterocycles. The van der Waals surface area contributed by atoms with Crippen LogP contribution in [0.4, 0.5) is 0 Å². The summed E-state index contributed by atoms with van der Waals surface area (Å²) < 4.78 is 1.51. The number of aromatic amines is 1. The molecule has 2 aromatic rings. The number of hydrogen-bond acceptors (Lipinski definition) is 1. The smallest absolute Gasteiger partial charge is 0.274 e. The van der Waals surface area contributed by atoms with Crippen LogP contribution in [0.2, 0.25) is 5.02 Å². The van der Waals surface area contributed by atoms with Crippen LogP contribution >= 0.6 is 11.6 Å². The van der Waals surface area contributed by atoms with Crippen LogP contribution in [-0.4, -0.2) is 9.78 Å². The van der Waals surface area contributed by atoms with E-state index in [0.29, 0.717) is 10.7 Å². The molecule has 0 bridgehead atoms. The van der Waals surface area contributed by atoms with Crippen LogP contribution in [0.25, 0.3) is 5.69 Å². The molecule has 1 aromatic carbocycles. The molecule has 0 aliphatic carbocycles. The molecule has 0 saturated carbocycles. The number of rotatable bonds is 2. The molecule has 1 heterocycles. The molecule has 17 heavy (non-hydrogen) atoms. The van der Waals surface area contributed by atoms with Gasteiger partial charge in [0, 0.05) is 11.3 Å². The molecular formula is C13H15ClN2O. The van der Waals surface area contributed by atoms with Gasteiger partial charge in [-0.3, -0.25) is 9.89 Å². The molecular weight excluding hydrogens is 236 g/mol. The lowest BCUT2D eigenvalue weighted by Gasteiger charge is -2.03. The number of nitrogens with zero attached hydrogens (tertiary/aromatic N) is 1. The third kappa shape index (κ3) is 2.03. The van der Waals surface area contributed by atoms with Gasteiger partial charge in [0.15, 0.2) is 0 Å². The summed E-state index contributed by atoms with van der Waals surface area (Å²) in [5, 5.41) is 3.63. The molecule has 0 unspecified atom stereocenters. The number of halogens is 1. The first-order valence-electron chi connectivity index (χ1n) is 5.58. The average Bonchev–Trinajstić information content (AvgIpc) is 2.55. The summed E-state index contributed by atoms with van der Waals surface area (Å²) in [6.07, 6.45) is 0. The van der Waals surface area contributed by atoms with E-state index in [1.54, 1.807) is 6.07 Å². The van der Waals surface area contributed by atoms with Gasteiger partial charge in [-0.15, -0.1) is 0 Å². The lowest BCUT2D eigenvalue weighted by atomic mass is 10.1. The van der Waals surface area contributed by atoms with Crippen LogP contribution in [0.3, 0.4) is 0 Å². The van der Waals surface area contributed by atoms with Crippen molar-refractivity contribution < 1.29 is 0 Å². The summed E-state index contributed by atoms with van der Waals surface area (Å²) in [4.78, 5) is 12.3. The van der Waals surface area contributed by atoms with E-state index in [2.05, 4.69) is 5.10 Å². The van der Waals surface area contributed by atoms with Crippen molar-refractivity contribution in [3.8, 4) is 5.69 Å². The minimum absolute atomic E-state index is 0.0226. The molecule has 0 aliphatic heterocycles. The zero-order valence-electron chi connectivity index (χ0n) is 10.1. The number of benzene rings is 1. The summed E-state index contributed by atoms with van der Waals surface area (Å²) in [6.45, 7) is 5.92. The molecule has 0 atom stereocenters. The summed E-state index contributed by atoms with van der Waals surface area (Å²) >= 11 is 6.09. The highest BCUT2D eigenvalue weighted by molar-refractivity contribution is 6.32. The van der Waals surface area contributed by atoms with E-state index in [9.17, 15) is 4.79 Å². The molecule has 0 fully saturated rings. The zero-order valence-corrected chi connectivity index (χ0v) is 10.9. The predicted octanol–water partition coefficient (Wildman–Crippen LogP) is 3.25. The van der Waals surface area contributed by atoms with E-state index >= 15 is 0 Å². The molecule has 0 amide bonds. The van der Waals surface area contributed by atoms with Crippen LogP contribution < -0.4 is 5.56 Å². The highest BCUT2D eigenvalue weighted by Crippen LogP contribution is 2.20. The van der Waals surface area contributed by atoms with Gasteiger partial charge in [-0.25, -0.2) is 4.68 Å². The van der Waals surface area contributed by atoms with Crippen molar-refractivity contribution in [2.45, 2.75) is 26.7 Å². The van der Waals surface area contributed by atoms with Gasteiger partial charge in [0.25, 0.3) is 5.56 Å². The fraction of sp³-hybridized carbons (Fsp3) is 0.308. The summed E-state index contributed by atoms with van der Waals surface area (Å²) in [5.41, 5.74) is 2.37. The topological polar surface area (TPSA) is 37.8 Å². The second-order valence-electron chi connectivity index (χ2n) is 4.40. The number of H-pyrrole nitrogens is 1. The third-order valence-electron chi connectivity index (χ3n) is 2.79. The van der Waals surface area contributed by atoms with E-state index in [1.807, 2.05) is 39.0 Å². The number of nitrogens with one attached hydrogen (secondary N) is 1. The number of para-hydroxylation sites is 1. The van der Waals surface area contributed by atoms with Crippen LogP contribution in [-0.2, 0) is 0 Å². The Labute approximate surface area is 105 Å². The molecule has 2 rings (SSSR count). The van der Waals surface area contributed by atoms with Gasteiger partial charge in [0.05, 0.1) is 10.7 Å². The van der Waals surface area contributed by atoms with Gasteiger partial charge in [-0.1, -0.05) is 37.6 Å². The van der Waals surface area contributed by atoms with E-state index in [1.165, 1.54) is 4.68 Å². The van der Waals surface area contributed by atoms with Gasteiger partial charge >= 0.3 is 0 Å². The molecule has 0 radical (unpaired) electrons. The maximum absolute atomic E-state index is 12.3. The molecule has 1 aromatic heterocycles. The maximum Gasteiger partial charge on any atom is 0.274 e. The maximum atomic E-state index is 12.3. The second kappa shape index (κ2) is 4.41. The predicted molar refractivity (Wildman–Crippen MR) is 70.2 cm³/mol. The Kier molecular flexibility index (Phi) is 3.11. The summed E-state index contributed by atoms with van der Waals surface area (Å²) in [5.74, 6) is 0.197. The first-order valence-corrected chi connectivity index (χ1v) is 5.96. The number of hydrogen-bond donors (Lipinski definition) is 1. The van der Waals surface area contributed by atoms with Crippen molar-refractivity contribution >= 4 is 11.6 Å². The minimum atomic E-state index is -0.0226. The van der Waals surface area contributed by atoms with Gasteiger partial charge in [0.1, 0.15) is 0 Å². The highest BCUT2D eigenvalue weighted by Gasteiger charge is 2.16. The Morgan fingerprint density at radius 2 is 1.94 bits per heavy atom. The summed E-state index contributed by atoms with van der Waals surface area (Å²) in [7, 11) is 0. The summed E-state index contributed by atoms with van der Waals surface area (Å²) in [6, 6.07) is 7.30. The van der Waals surface area contributed by atoms with Crippen LogP contribution in [0.5, 0.6) is 0 Å². The average molecular weight is 251 g/mol. The van der Waals surface area contributed by atoms with E-state index in [-0.39, 0.29) is 11.5 Å². The standard InChI is InChI=1S/C13H15ClN2O/c1-8(2)12-9(3)15-16(13(12)17)11-7-5-4-6-10(11)14/h4-8,15H,1-3H3. The van der Waals surface area contributed by atoms with E-state index < -0.39 is 0 Å². The Hall–Kier alpha value is -1.48. The SMILES string of the molecule is Cc1[nH]n(-c2ccccc2Cl)c(=O)c1C(C)C. The quantitative estimate of drug-likeness (QED) is 0.873. The van der Waals surface area contributed by atoms with Crippen LogP contribution in [0, 0.1) is 6.92 Å². The van der Waals surface area contributed by atoms with Crippen LogP contribution in [0.1, 0.15) is 31.0 Å². The lowest BCUT2D eigenvalue weighted by molar-refractivity contribution is 0.824. The fourth-order valence-corrected chi connectivity index (χ4v) is 2.26. The zero-order chi connectivity index (χ0) is 12.6. The normalized spacial score (nSPS) is 11.1. The van der Waals surface area contributed by atoms with Gasteiger partial charge in [-0.05, 0) is 25.0 Å². The van der Waals surface area contributed by atoms with Crippen molar-refractivity contribution in [3.05, 3.63) is 50.9 Å². The molecule has 0 spiro atoms.